The molecule has 0 radical (unpaired) electrons. The highest BCUT2D eigenvalue weighted by Crippen LogP contribution is 2.46. The van der Waals surface area contributed by atoms with Crippen LogP contribution in [0, 0.1) is 10.1 Å². The summed E-state index contributed by atoms with van der Waals surface area (Å²) in [7, 11) is 1.27. The monoisotopic (exact) mass is 292 g/mol. The summed E-state index contributed by atoms with van der Waals surface area (Å²) in [5.74, 6) is -0.591. The molecule has 2 aliphatic heterocycles. The number of benzene rings is 1. The van der Waals surface area contributed by atoms with E-state index >= 15 is 0 Å². The van der Waals surface area contributed by atoms with Crippen molar-refractivity contribution in [3.63, 3.8) is 0 Å². The van der Waals surface area contributed by atoms with E-state index < -0.39 is 16.5 Å². The average molecular weight is 292 g/mol. The average Bonchev–Trinajstić information content (AvgIpc) is 3.05. The number of fused-ring (bicyclic) bond motifs is 1. The van der Waals surface area contributed by atoms with Gasteiger partial charge in [-0.1, -0.05) is 12.1 Å². The number of carbonyl (C=O) groups is 1. The lowest BCUT2D eigenvalue weighted by atomic mass is 9.86. The zero-order valence-corrected chi connectivity index (χ0v) is 11.7. The zero-order valence-electron chi connectivity index (χ0n) is 11.7. The molecule has 2 aliphatic rings. The Hall–Kier alpha value is -1.99. The molecule has 1 aromatic rings. The van der Waals surface area contributed by atoms with Gasteiger partial charge in [0.05, 0.1) is 17.6 Å². The number of nitro groups is 1. The van der Waals surface area contributed by atoms with Crippen molar-refractivity contribution in [3.8, 4) is 0 Å². The number of para-hydroxylation sites is 1. The molecule has 0 saturated carbocycles. The van der Waals surface area contributed by atoms with Crippen molar-refractivity contribution in [2.24, 2.45) is 0 Å². The van der Waals surface area contributed by atoms with Crippen molar-refractivity contribution in [1.29, 1.82) is 0 Å². The molecule has 0 spiro atoms. The van der Waals surface area contributed by atoms with E-state index in [9.17, 15) is 14.9 Å². The normalized spacial score (nSPS) is 28.3. The molecule has 2 fully saturated rings. The first kappa shape index (κ1) is 14.0. The van der Waals surface area contributed by atoms with Crippen LogP contribution in [0.25, 0.3) is 0 Å². The van der Waals surface area contributed by atoms with Gasteiger partial charge in [-0.25, -0.2) is 4.79 Å². The summed E-state index contributed by atoms with van der Waals surface area (Å²) in [6.07, 6.45) is 2.29. The predicted octanol–water partition coefficient (Wildman–Crippen LogP) is 1.76. The Morgan fingerprint density at radius 1 is 1.52 bits per heavy atom. The second kappa shape index (κ2) is 5.09. The molecule has 2 heterocycles. The quantitative estimate of drug-likeness (QED) is 0.479. The molecule has 0 bridgehead atoms. The van der Waals surface area contributed by atoms with Crippen LogP contribution in [0.5, 0.6) is 0 Å². The Morgan fingerprint density at radius 3 is 2.95 bits per heavy atom. The molecular weight excluding hydrogens is 276 g/mol. The maximum atomic E-state index is 12.3. The largest absolute Gasteiger partial charge is 0.467 e. The number of hydrogen-bond donors (Lipinski definition) is 0. The van der Waals surface area contributed by atoms with Crippen LogP contribution >= 0.6 is 0 Å². The van der Waals surface area contributed by atoms with Crippen molar-refractivity contribution in [2.75, 3.05) is 13.7 Å². The standard InChI is InChI=1S/C14H16N2O5/c1-20-13(17)14(9-10-5-4-8-15(10)21-14)11-6-2-3-7-12(11)16(18)19/h2-3,6-7,10H,4-5,8-9H2,1H3/t10-,14+/m0/s1. The summed E-state index contributed by atoms with van der Waals surface area (Å²) in [6.45, 7) is 0.726. The van der Waals surface area contributed by atoms with Crippen LogP contribution in [0.4, 0.5) is 5.69 Å². The number of nitro benzene ring substituents is 1. The maximum absolute atomic E-state index is 12.3. The molecule has 7 heteroatoms. The summed E-state index contributed by atoms with van der Waals surface area (Å²) < 4.78 is 4.88. The molecule has 0 aromatic heterocycles. The first-order valence-corrected chi connectivity index (χ1v) is 6.86. The minimum atomic E-state index is -1.41. The van der Waals surface area contributed by atoms with Gasteiger partial charge < -0.3 is 4.74 Å². The fraction of sp³-hybridized carbons (Fsp3) is 0.500. The Morgan fingerprint density at radius 2 is 2.29 bits per heavy atom. The highest BCUT2D eigenvalue weighted by atomic mass is 16.7. The van der Waals surface area contributed by atoms with Crippen molar-refractivity contribution >= 4 is 11.7 Å². The smallest absolute Gasteiger partial charge is 0.345 e. The molecule has 7 nitrogen and oxygen atoms in total. The lowest BCUT2D eigenvalue weighted by Gasteiger charge is -2.26. The Balaban J connectivity index is 2.10. The van der Waals surface area contributed by atoms with Gasteiger partial charge in [0.1, 0.15) is 0 Å². The summed E-state index contributed by atoms with van der Waals surface area (Å²) >= 11 is 0. The topological polar surface area (TPSA) is 81.9 Å². The SMILES string of the molecule is COC(=O)[C@]1(c2ccccc2[N+](=O)[O-])C[C@@H]2CCCN2O1. The van der Waals surface area contributed by atoms with E-state index in [0.29, 0.717) is 6.42 Å². The van der Waals surface area contributed by atoms with Crippen molar-refractivity contribution < 1.29 is 19.3 Å². The van der Waals surface area contributed by atoms with Crippen LogP contribution in [-0.4, -0.2) is 35.7 Å². The van der Waals surface area contributed by atoms with E-state index in [4.69, 9.17) is 9.57 Å². The van der Waals surface area contributed by atoms with Gasteiger partial charge in [0.2, 0.25) is 5.60 Å². The summed E-state index contributed by atoms with van der Waals surface area (Å²) in [6, 6.07) is 6.29. The first-order valence-electron chi connectivity index (χ1n) is 6.86. The molecule has 0 amide bonds. The lowest BCUT2D eigenvalue weighted by molar-refractivity contribution is -0.387. The Labute approximate surface area is 121 Å². The number of esters is 1. The highest BCUT2D eigenvalue weighted by molar-refractivity contribution is 5.83. The third-order valence-corrected chi connectivity index (χ3v) is 4.17. The number of ether oxygens (including phenoxy) is 1. The van der Waals surface area contributed by atoms with Gasteiger partial charge in [-0.15, -0.1) is 0 Å². The van der Waals surface area contributed by atoms with Crippen LogP contribution in [0.1, 0.15) is 24.8 Å². The maximum Gasteiger partial charge on any atom is 0.345 e. The van der Waals surface area contributed by atoms with Crippen molar-refractivity contribution in [3.05, 3.63) is 39.9 Å². The number of hydroxylamine groups is 2. The summed E-state index contributed by atoms with van der Waals surface area (Å²) in [5.41, 5.74) is -1.27. The van der Waals surface area contributed by atoms with E-state index in [0.717, 1.165) is 19.4 Å². The van der Waals surface area contributed by atoms with Gasteiger partial charge in [0, 0.05) is 25.1 Å². The Bertz CT molecular complexity index is 576. The zero-order chi connectivity index (χ0) is 15.0. The van der Waals surface area contributed by atoms with Crippen LogP contribution in [0.3, 0.4) is 0 Å². The number of rotatable bonds is 3. The molecule has 0 unspecified atom stereocenters. The van der Waals surface area contributed by atoms with E-state index in [-0.39, 0.29) is 17.3 Å². The van der Waals surface area contributed by atoms with E-state index in [1.54, 1.807) is 23.3 Å². The Kier molecular flexibility index (Phi) is 3.38. The molecular formula is C14H16N2O5. The molecule has 112 valence electrons. The molecule has 0 N–H and O–H groups in total. The van der Waals surface area contributed by atoms with Gasteiger partial charge in [0.25, 0.3) is 5.69 Å². The second-order valence-electron chi connectivity index (χ2n) is 5.33. The number of nitrogens with zero attached hydrogens (tertiary/aromatic N) is 2. The van der Waals surface area contributed by atoms with Crippen LogP contribution in [0.15, 0.2) is 24.3 Å². The number of methoxy groups -OCH3 is 1. The second-order valence-corrected chi connectivity index (χ2v) is 5.33. The third kappa shape index (κ3) is 2.09. The van der Waals surface area contributed by atoms with Gasteiger partial charge >= 0.3 is 5.97 Å². The van der Waals surface area contributed by atoms with Gasteiger partial charge in [-0.3, -0.25) is 15.0 Å². The predicted molar refractivity (Wildman–Crippen MR) is 72.2 cm³/mol. The van der Waals surface area contributed by atoms with E-state index in [2.05, 4.69) is 0 Å². The van der Waals surface area contributed by atoms with E-state index in [1.165, 1.54) is 13.2 Å². The minimum absolute atomic E-state index is 0.101. The first-order chi connectivity index (χ1) is 10.1. The van der Waals surface area contributed by atoms with Crippen LogP contribution in [0.2, 0.25) is 0 Å². The van der Waals surface area contributed by atoms with Crippen molar-refractivity contribution in [2.45, 2.75) is 30.9 Å². The number of hydrogen-bond acceptors (Lipinski definition) is 6. The van der Waals surface area contributed by atoms with Gasteiger partial charge in [-0.2, -0.15) is 5.06 Å². The van der Waals surface area contributed by atoms with Gasteiger partial charge in [0.15, 0.2) is 0 Å². The fourth-order valence-corrected chi connectivity index (χ4v) is 3.23. The van der Waals surface area contributed by atoms with Crippen LogP contribution < -0.4 is 0 Å². The molecule has 0 aliphatic carbocycles. The third-order valence-electron chi connectivity index (χ3n) is 4.17. The molecule has 2 atom stereocenters. The molecule has 21 heavy (non-hydrogen) atoms. The highest BCUT2D eigenvalue weighted by Gasteiger charge is 2.57. The van der Waals surface area contributed by atoms with Crippen LogP contribution in [-0.2, 0) is 20.0 Å². The van der Waals surface area contributed by atoms with Gasteiger partial charge in [-0.05, 0) is 18.9 Å². The fourth-order valence-electron chi connectivity index (χ4n) is 3.23. The summed E-state index contributed by atoms with van der Waals surface area (Å²) in [4.78, 5) is 29.0. The van der Waals surface area contributed by atoms with E-state index in [1.807, 2.05) is 0 Å². The minimum Gasteiger partial charge on any atom is -0.467 e. The van der Waals surface area contributed by atoms with Crippen molar-refractivity contribution in [1.82, 2.24) is 5.06 Å². The molecule has 2 saturated heterocycles. The molecule has 1 aromatic carbocycles. The summed E-state index contributed by atoms with van der Waals surface area (Å²) in [5, 5.41) is 13.0. The number of carbonyl (C=O) groups excluding carboxylic acids is 1. The lowest BCUT2D eigenvalue weighted by Crippen LogP contribution is -2.38. The molecule has 3 rings (SSSR count).